The first-order valence-corrected chi connectivity index (χ1v) is 5.49. The molecule has 88 valence electrons. The first-order chi connectivity index (χ1) is 8.02. The number of nitrogens with two attached hydrogens (primary N) is 1. The van der Waals surface area contributed by atoms with E-state index in [1.54, 1.807) is 0 Å². The fourth-order valence-corrected chi connectivity index (χ4v) is 1.86. The molecule has 0 aliphatic carbocycles. The van der Waals surface area contributed by atoms with Crippen molar-refractivity contribution in [2.75, 3.05) is 5.73 Å². The first-order valence-electron chi connectivity index (χ1n) is 4.70. The van der Waals surface area contributed by atoms with E-state index in [9.17, 15) is 13.2 Å². The number of para-hydroxylation sites is 1. The molecule has 0 fully saturated rings. The molecule has 0 unspecified atom stereocenters. The zero-order valence-corrected chi connectivity index (χ0v) is 10.1. The van der Waals surface area contributed by atoms with E-state index in [0.29, 0.717) is 0 Å². The zero-order valence-electron chi connectivity index (χ0n) is 8.48. The van der Waals surface area contributed by atoms with Gasteiger partial charge in [-0.2, -0.15) is 0 Å². The normalized spacial score (nSPS) is 10.6. The van der Waals surface area contributed by atoms with Crippen molar-refractivity contribution in [3.63, 3.8) is 0 Å². The fourth-order valence-electron chi connectivity index (χ4n) is 1.53. The summed E-state index contributed by atoms with van der Waals surface area (Å²) in [7, 11) is 0. The van der Waals surface area contributed by atoms with Gasteiger partial charge >= 0.3 is 0 Å². The number of nitrogen functional groups attached to an aromatic ring is 1. The van der Waals surface area contributed by atoms with Gasteiger partial charge in [0.1, 0.15) is 17.5 Å². The van der Waals surface area contributed by atoms with Crippen LogP contribution in [0.3, 0.4) is 0 Å². The summed E-state index contributed by atoms with van der Waals surface area (Å²) in [6.45, 7) is 0. The Morgan fingerprint density at radius 3 is 2.35 bits per heavy atom. The first kappa shape index (κ1) is 12.0. The van der Waals surface area contributed by atoms with E-state index < -0.39 is 17.5 Å². The van der Waals surface area contributed by atoms with Crippen molar-refractivity contribution in [2.45, 2.75) is 0 Å². The van der Waals surface area contributed by atoms with Crippen LogP contribution in [-0.4, -0.2) is 0 Å². The molecular formula is C12H7BrF3N. The fraction of sp³-hybridized carbons (Fsp3) is 0. The second-order valence-electron chi connectivity index (χ2n) is 3.42. The Labute approximate surface area is 104 Å². The molecule has 2 N–H and O–H groups in total. The van der Waals surface area contributed by atoms with Crippen molar-refractivity contribution in [2.24, 2.45) is 0 Å². The predicted molar refractivity (Wildman–Crippen MR) is 63.9 cm³/mol. The monoisotopic (exact) mass is 301 g/mol. The highest BCUT2D eigenvalue weighted by molar-refractivity contribution is 9.10. The Hall–Kier alpha value is -1.49. The van der Waals surface area contributed by atoms with E-state index in [0.717, 1.165) is 12.1 Å². The largest absolute Gasteiger partial charge is 0.396 e. The highest BCUT2D eigenvalue weighted by atomic mass is 79.9. The van der Waals surface area contributed by atoms with Crippen LogP contribution in [0.2, 0.25) is 0 Å². The van der Waals surface area contributed by atoms with Crippen molar-refractivity contribution in [3.05, 3.63) is 52.3 Å². The summed E-state index contributed by atoms with van der Waals surface area (Å²) in [5, 5.41) is 0. The molecule has 0 atom stereocenters. The second kappa shape index (κ2) is 4.41. The molecule has 0 radical (unpaired) electrons. The van der Waals surface area contributed by atoms with Gasteiger partial charge in [-0.15, -0.1) is 0 Å². The summed E-state index contributed by atoms with van der Waals surface area (Å²) in [5.41, 5.74) is 4.87. The van der Waals surface area contributed by atoms with Gasteiger partial charge in [0.2, 0.25) is 0 Å². The van der Waals surface area contributed by atoms with Gasteiger partial charge in [0, 0.05) is 5.56 Å². The summed E-state index contributed by atoms with van der Waals surface area (Å²) in [5.74, 6) is -2.30. The predicted octanol–water partition coefficient (Wildman–Crippen LogP) is 4.12. The molecule has 0 bridgehead atoms. The molecule has 5 heteroatoms. The molecule has 2 rings (SSSR count). The van der Waals surface area contributed by atoms with Crippen molar-refractivity contribution in [3.8, 4) is 11.1 Å². The molecule has 2 aromatic carbocycles. The third kappa shape index (κ3) is 2.02. The minimum Gasteiger partial charge on any atom is -0.396 e. The molecule has 2 aromatic rings. The Balaban J connectivity index is 2.77. The van der Waals surface area contributed by atoms with Crippen LogP contribution in [-0.2, 0) is 0 Å². The standard InChI is InChI=1S/C12H7BrF3N/c13-7-4-5-8(14)10(11(7)16)6-2-1-3-9(15)12(6)17/h1-5H,17H2. The molecule has 0 saturated heterocycles. The van der Waals surface area contributed by atoms with Crippen LogP contribution in [0.15, 0.2) is 34.8 Å². The summed E-state index contributed by atoms with van der Waals surface area (Å²) in [6, 6.07) is 6.18. The number of rotatable bonds is 1. The van der Waals surface area contributed by atoms with E-state index in [2.05, 4.69) is 15.9 Å². The Morgan fingerprint density at radius 2 is 1.65 bits per heavy atom. The molecule has 0 saturated carbocycles. The number of halogens is 4. The van der Waals surface area contributed by atoms with Gasteiger partial charge in [-0.3, -0.25) is 0 Å². The summed E-state index contributed by atoms with van der Waals surface area (Å²) in [6.07, 6.45) is 0. The number of hydrogen-bond donors (Lipinski definition) is 1. The topological polar surface area (TPSA) is 26.0 Å². The average molecular weight is 302 g/mol. The number of benzene rings is 2. The Kier molecular flexibility index (Phi) is 3.11. The van der Waals surface area contributed by atoms with Crippen molar-refractivity contribution >= 4 is 21.6 Å². The minimum absolute atomic E-state index is 0.00120. The van der Waals surface area contributed by atoms with Crippen LogP contribution in [0.5, 0.6) is 0 Å². The quantitative estimate of drug-likeness (QED) is 0.622. The molecule has 0 aliphatic rings. The van der Waals surface area contributed by atoms with Gasteiger partial charge in [0.15, 0.2) is 0 Å². The van der Waals surface area contributed by atoms with Crippen LogP contribution in [0.1, 0.15) is 0 Å². The van der Waals surface area contributed by atoms with E-state index in [1.165, 1.54) is 18.2 Å². The van der Waals surface area contributed by atoms with Crippen LogP contribution in [0, 0.1) is 17.5 Å². The van der Waals surface area contributed by atoms with E-state index >= 15 is 0 Å². The minimum atomic E-state index is -0.803. The van der Waals surface area contributed by atoms with Gasteiger partial charge < -0.3 is 5.73 Å². The second-order valence-corrected chi connectivity index (χ2v) is 4.27. The third-order valence-electron chi connectivity index (χ3n) is 2.37. The molecule has 0 heterocycles. The number of hydrogen-bond acceptors (Lipinski definition) is 1. The maximum Gasteiger partial charge on any atom is 0.148 e. The van der Waals surface area contributed by atoms with Gasteiger partial charge in [-0.1, -0.05) is 12.1 Å². The lowest BCUT2D eigenvalue weighted by molar-refractivity contribution is 0.585. The molecular weight excluding hydrogens is 295 g/mol. The molecule has 1 nitrogen and oxygen atoms in total. The van der Waals surface area contributed by atoms with E-state index in [4.69, 9.17) is 5.73 Å². The summed E-state index contributed by atoms with van der Waals surface area (Å²) < 4.78 is 40.7. The van der Waals surface area contributed by atoms with Crippen molar-refractivity contribution in [1.82, 2.24) is 0 Å². The highest BCUT2D eigenvalue weighted by Crippen LogP contribution is 2.34. The van der Waals surface area contributed by atoms with Crippen molar-refractivity contribution in [1.29, 1.82) is 0 Å². The van der Waals surface area contributed by atoms with Crippen LogP contribution < -0.4 is 5.73 Å². The average Bonchev–Trinajstić information content (AvgIpc) is 2.30. The van der Waals surface area contributed by atoms with Gasteiger partial charge in [0.05, 0.1) is 15.7 Å². The Bertz CT molecular complexity index is 584. The molecule has 0 amide bonds. The van der Waals surface area contributed by atoms with Gasteiger partial charge in [-0.25, -0.2) is 13.2 Å². The summed E-state index contributed by atoms with van der Waals surface area (Å²) >= 11 is 2.94. The van der Waals surface area contributed by atoms with Gasteiger partial charge in [-0.05, 0) is 34.1 Å². The smallest absolute Gasteiger partial charge is 0.148 e. The van der Waals surface area contributed by atoms with Crippen LogP contribution >= 0.6 is 15.9 Å². The lowest BCUT2D eigenvalue weighted by Crippen LogP contribution is -1.98. The van der Waals surface area contributed by atoms with E-state index in [-0.39, 0.29) is 21.3 Å². The van der Waals surface area contributed by atoms with Crippen molar-refractivity contribution < 1.29 is 13.2 Å². The SMILES string of the molecule is Nc1c(F)cccc1-c1c(F)ccc(Br)c1F. The third-order valence-corrected chi connectivity index (χ3v) is 2.98. The lowest BCUT2D eigenvalue weighted by atomic mass is 10.0. The Morgan fingerprint density at radius 1 is 0.941 bits per heavy atom. The van der Waals surface area contributed by atoms with Crippen LogP contribution in [0.4, 0.5) is 18.9 Å². The molecule has 17 heavy (non-hydrogen) atoms. The maximum atomic E-state index is 13.8. The summed E-state index contributed by atoms with van der Waals surface area (Å²) in [4.78, 5) is 0. The van der Waals surface area contributed by atoms with E-state index in [1.807, 2.05) is 0 Å². The highest BCUT2D eigenvalue weighted by Gasteiger charge is 2.17. The maximum absolute atomic E-state index is 13.8. The van der Waals surface area contributed by atoms with Gasteiger partial charge in [0.25, 0.3) is 0 Å². The molecule has 0 aliphatic heterocycles. The van der Waals surface area contributed by atoms with Crippen LogP contribution in [0.25, 0.3) is 11.1 Å². The molecule has 0 spiro atoms. The lowest BCUT2D eigenvalue weighted by Gasteiger charge is -2.09. The molecule has 0 aromatic heterocycles. The zero-order chi connectivity index (χ0) is 12.6. The number of anilines is 1.